The Labute approximate surface area is 194 Å². The SMILES string of the molecule is COc1cc2c(cc1N1C[C@@H](C)N(C)[C@@H](C)C1)N(C(=O)Cc1cccc(Cl)c1C#N)CC2. The smallest absolute Gasteiger partial charge is 0.231 e. The molecule has 0 aromatic heterocycles. The summed E-state index contributed by atoms with van der Waals surface area (Å²) in [6.07, 6.45) is 0.931. The van der Waals surface area contributed by atoms with Crippen LogP contribution in [0, 0.1) is 11.3 Å². The van der Waals surface area contributed by atoms with Crippen molar-refractivity contribution in [1.29, 1.82) is 5.26 Å². The molecular formula is C25H29ClN4O2. The molecule has 32 heavy (non-hydrogen) atoms. The van der Waals surface area contributed by atoms with E-state index in [0.29, 0.717) is 34.8 Å². The molecule has 2 heterocycles. The van der Waals surface area contributed by atoms with Crippen LogP contribution in [0.5, 0.6) is 5.75 Å². The van der Waals surface area contributed by atoms with Crippen LogP contribution in [-0.4, -0.2) is 56.7 Å². The largest absolute Gasteiger partial charge is 0.495 e. The van der Waals surface area contributed by atoms with Gasteiger partial charge in [0.05, 0.1) is 29.8 Å². The van der Waals surface area contributed by atoms with Gasteiger partial charge >= 0.3 is 0 Å². The van der Waals surface area contributed by atoms with E-state index in [9.17, 15) is 10.1 Å². The van der Waals surface area contributed by atoms with Gasteiger partial charge in [-0.1, -0.05) is 23.7 Å². The third kappa shape index (κ3) is 4.03. The second kappa shape index (κ2) is 9.01. The summed E-state index contributed by atoms with van der Waals surface area (Å²) in [5, 5.41) is 9.83. The van der Waals surface area contributed by atoms with Crippen LogP contribution in [0.2, 0.25) is 5.02 Å². The number of halogens is 1. The molecule has 7 heteroatoms. The van der Waals surface area contributed by atoms with Crippen LogP contribution in [0.15, 0.2) is 30.3 Å². The lowest BCUT2D eigenvalue weighted by molar-refractivity contribution is -0.117. The first-order valence-corrected chi connectivity index (χ1v) is 11.4. The first-order chi connectivity index (χ1) is 15.3. The number of piperazine rings is 1. The summed E-state index contributed by atoms with van der Waals surface area (Å²) in [7, 11) is 3.87. The molecule has 2 aliphatic rings. The molecule has 2 atom stereocenters. The van der Waals surface area contributed by atoms with Crippen molar-refractivity contribution in [3.63, 3.8) is 0 Å². The van der Waals surface area contributed by atoms with Crippen molar-refractivity contribution in [3.05, 3.63) is 52.0 Å². The highest BCUT2D eigenvalue weighted by Gasteiger charge is 2.32. The molecule has 0 unspecified atom stereocenters. The number of likely N-dealkylation sites (N-methyl/N-ethyl adjacent to an activating group) is 1. The molecule has 0 aliphatic carbocycles. The summed E-state index contributed by atoms with van der Waals surface area (Å²) in [5.41, 5.74) is 4.11. The van der Waals surface area contributed by atoms with Crippen molar-refractivity contribution in [2.24, 2.45) is 0 Å². The van der Waals surface area contributed by atoms with Crippen molar-refractivity contribution in [3.8, 4) is 11.8 Å². The minimum atomic E-state index is -0.0289. The predicted molar refractivity (Wildman–Crippen MR) is 128 cm³/mol. The first-order valence-electron chi connectivity index (χ1n) is 11.0. The number of rotatable bonds is 4. The normalized spacial score (nSPS) is 20.8. The van der Waals surface area contributed by atoms with Crippen LogP contribution < -0.4 is 14.5 Å². The lowest BCUT2D eigenvalue weighted by Gasteiger charge is -2.44. The van der Waals surface area contributed by atoms with E-state index in [1.807, 2.05) is 4.90 Å². The minimum absolute atomic E-state index is 0.0289. The summed E-state index contributed by atoms with van der Waals surface area (Å²) >= 11 is 6.16. The molecule has 0 saturated carbocycles. The quantitative estimate of drug-likeness (QED) is 0.704. The Hall–Kier alpha value is -2.75. The molecule has 2 aromatic rings. The maximum atomic E-state index is 13.3. The maximum Gasteiger partial charge on any atom is 0.231 e. The number of carbonyl (C=O) groups excluding carboxylic acids is 1. The Bertz CT molecular complexity index is 1070. The molecule has 2 aliphatic heterocycles. The summed E-state index contributed by atoms with van der Waals surface area (Å²) in [4.78, 5) is 19.9. The van der Waals surface area contributed by atoms with Crippen LogP contribution in [-0.2, 0) is 17.6 Å². The molecule has 1 amide bonds. The van der Waals surface area contributed by atoms with E-state index in [1.54, 1.807) is 25.3 Å². The van der Waals surface area contributed by atoms with E-state index < -0.39 is 0 Å². The molecule has 0 bridgehead atoms. The van der Waals surface area contributed by atoms with E-state index in [2.05, 4.69) is 48.9 Å². The number of benzene rings is 2. The van der Waals surface area contributed by atoms with Crippen molar-refractivity contribution < 1.29 is 9.53 Å². The molecule has 168 valence electrons. The Balaban J connectivity index is 1.64. The summed E-state index contributed by atoms with van der Waals surface area (Å²) in [6.45, 7) is 6.89. The van der Waals surface area contributed by atoms with Crippen LogP contribution in [0.3, 0.4) is 0 Å². The number of methoxy groups -OCH3 is 1. The second-order valence-electron chi connectivity index (χ2n) is 8.78. The predicted octanol–water partition coefficient (Wildman–Crippen LogP) is 3.88. The number of nitriles is 1. The van der Waals surface area contributed by atoms with Crippen molar-refractivity contribution in [2.75, 3.05) is 43.6 Å². The van der Waals surface area contributed by atoms with Crippen LogP contribution in [0.25, 0.3) is 0 Å². The number of ether oxygens (including phenoxy) is 1. The van der Waals surface area contributed by atoms with E-state index in [0.717, 1.165) is 42.2 Å². The fourth-order valence-electron chi connectivity index (χ4n) is 4.77. The molecule has 1 saturated heterocycles. The van der Waals surface area contributed by atoms with Gasteiger partial charge in [0, 0.05) is 37.4 Å². The lowest BCUT2D eigenvalue weighted by atomic mass is 10.0. The van der Waals surface area contributed by atoms with Crippen molar-refractivity contribution >= 4 is 28.9 Å². The van der Waals surface area contributed by atoms with Gasteiger partial charge in [0.15, 0.2) is 0 Å². The zero-order valence-corrected chi connectivity index (χ0v) is 19.8. The van der Waals surface area contributed by atoms with Crippen molar-refractivity contribution in [2.45, 2.75) is 38.8 Å². The average Bonchev–Trinajstić information content (AvgIpc) is 3.19. The number of fused-ring (bicyclic) bond motifs is 1. The number of hydrogen-bond donors (Lipinski definition) is 0. The Morgan fingerprint density at radius 1 is 1.22 bits per heavy atom. The second-order valence-corrected chi connectivity index (χ2v) is 9.19. The molecule has 6 nitrogen and oxygen atoms in total. The highest BCUT2D eigenvalue weighted by atomic mass is 35.5. The lowest BCUT2D eigenvalue weighted by Crippen LogP contribution is -2.55. The van der Waals surface area contributed by atoms with Crippen LogP contribution >= 0.6 is 11.6 Å². The summed E-state index contributed by atoms with van der Waals surface area (Å²) in [5.74, 6) is 0.822. The fourth-order valence-corrected chi connectivity index (χ4v) is 5.01. The highest BCUT2D eigenvalue weighted by Crippen LogP contribution is 2.40. The van der Waals surface area contributed by atoms with E-state index in [-0.39, 0.29) is 12.3 Å². The van der Waals surface area contributed by atoms with Crippen LogP contribution in [0.4, 0.5) is 11.4 Å². The molecule has 0 N–H and O–H groups in total. The third-order valence-corrected chi connectivity index (χ3v) is 7.15. The zero-order valence-electron chi connectivity index (χ0n) is 19.1. The molecular weight excluding hydrogens is 424 g/mol. The van der Waals surface area contributed by atoms with Gasteiger partial charge in [0.2, 0.25) is 5.91 Å². The Morgan fingerprint density at radius 2 is 1.94 bits per heavy atom. The van der Waals surface area contributed by atoms with Gasteiger partial charge in [0.25, 0.3) is 0 Å². The Kier molecular flexibility index (Phi) is 6.32. The van der Waals surface area contributed by atoms with E-state index >= 15 is 0 Å². The van der Waals surface area contributed by atoms with Gasteiger partial charge in [-0.05, 0) is 56.6 Å². The fraction of sp³-hybridized carbons (Fsp3) is 0.440. The van der Waals surface area contributed by atoms with E-state index in [1.165, 1.54) is 0 Å². The van der Waals surface area contributed by atoms with Gasteiger partial charge in [-0.2, -0.15) is 5.26 Å². The van der Waals surface area contributed by atoms with Gasteiger partial charge in [0.1, 0.15) is 11.8 Å². The van der Waals surface area contributed by atoms with Crippen molar-refractivity contribution in [1.82, 2.24) is 4.90 Å². The average molecular weight is 453 g/mol. The molecule has 2 aromatic carbocycles. The number of carbonyl (C=O) groups is 1. The van der Waals surface area contributed by atoms with Gasteiger partial charge in [-0.15, -0.1) is 0 Å². The Morgan fingerprint density at radius 3 is 2.59 bits per heavy atom. The number of anilines is 2. The molecule has 4 rings (SSSR count). The molecule has 0 spiro atoms. The van der Waals surface area contributed by atoms with Gasteiger partial charge in [-0.3, -0.25) is 9.69 Å². The monoisotopic (exact) mass is 452 g/mol. The maximum absolute atomic E-state index is 13.3. The number of hydrogen-bond acceptors (Lipinski definition) is 5. The molecule has 1 fully saturated rings. The molecule has 0 radical (unpaired) electrons. The third-order valence-electron chi connectivity index (χ3n) is 6.83. The van der Waals surface area contributed by atoms with E-state index in [4.69, 9.17) is 16.3 Å². The van der Waals surface area contributed by atoms with Crippen LogP contribution in [0.1, 0.15) is 30.5 Å². The minimum Gasteiger partial charge on any atom is -0.495 e. The summed E-state index contributed by atoms with van der Waals surface area (Å²) in [6, 6.07) is 12.4. The van der Waals surface area contributed by atoms with Gasteiger partial charge in [-0.25, -0.2) is 0 Å². The number of nitrogens with zero attached hydrogens (tertiary/aromatic N) is 4. The summed E-state index contributed by atoms with van der Waals surface area (Å²) < 4.78 is 5.75. The highest BCUT2D eigenvalue weighted by molar-refractivity contribution is 6.31. The zero-order chi connectivity index (χ0) is 23.0. The van der Waals surface area contributed by atoms with Gasteiger partial charge < -0.3 is 14.5 Å². The topological polar surface area (TPSA) is 59.8 Å². The standard InChI is InChI=1S/C25H29ClN4O2/c1-16-14-29(15-17(2)28(16)3)23-12-22-19(10-24(23)32-4)8-9-30(22)25(31)11-18-6-5-7-21(26)20(18)13-27/h5-7,10,12,16-17H,8-9,11,14-15H2,1-4H3/t16-,17+. The number of amides is 1. The first kappa shape index (κ1) is 22.4.